The summed E-state index contributed by atoms with van der Waals surface area (Å²) < 4.78 is 4.19. The molecule has 56 heavy (non-hydrogen) atoms. The molecule has 0 aliphatic carbocycles. The third-order valence-corrected chi connectivity index (χ3v) is 11.2. The summed E-state index contributed by atoms with van der Waals surface area (Å²) in [6, 6.07) is 47.0. The molecule has 10 nitrogen and oxygen atoms in total. The molecule has 6 heterocycles. The lowest BCUT2D eigenvalue weighted by Crippen LogP contribution is -2.28. The summed E-state index contributed by atoms with van der Waals surface area (Å²) in [4.78, 5) is 29.5. The van der Waals surface area contributed by atoms with Gasteiger partial charge in [-0.3, -0.25) is 0 Å². The Bertz CT molecular complexity index is 2940. The average Bonchev–Trinajstić information content (AvgIpc) is 3.77. The number of anilines is 10. The number of imidazole rings is 2. The van der Waals surface area contributed by atoms with E-state index < -0.39 is 0 Å². The summed E-state index contributed by atoms with van der Waals surface area (Å²) in [7, 11) is 8.38. The molecular formula is C46H36N10. The van der Waals surface area contributed by atoms with E-state index in [-0.39, 0.29) is 0 Å². The highest BCUT2D eigenvalue weighted by Gasteiger charge is 2.37. The minimum Gasteiger partial charge on any atom is -0.341 e. The quantitative estimate of drug-likeness (QED) is 0.177. The maximum atomic E-state index is 5.35. The summed E-state index contributed by atoms with van der Waals surface area (Å²) in [6.07, 6.45) is 3.65. The second-order valence-electron chi connectivity index (χ2n) is 14.3. The van der Waals surface area contributed by atoms with Crippen molar-refractivity contribution in [3.8, 4) is 22.8 Å². The molecule has 0 amide bonds. The molecule has 0 saturated carbocycles. The van der Waals surface area contributed by atoms with Gasteiger partial charge < -0.3 is 28.7 Å². The molecule has 0 unspecified atom stereocenters. The normalized spacial score (nSPS) is 13.2. The van der Waals surface area contributed by atoms with Crippen molar-refractivity contribution >= 4 is 79.2 Å². The van der Waals surface area contributed by atoms with Crippen molar-refractivity contribution < 1.29 is 0 Å². The molecule has 2 aliphatic heterocycles. The predicted molar refractivity (Wildman–Crippen MR) is 227 cm³/mol. The van der Waals surface area contributed by atoms with Crippen molar-refractivity contribution in [2.24, 2.45) is 14.1 Å². The number of rotatable bonds is 4. The van der Waals surface area contributed by atoms with Gasteiger partial charge in [0, 0.05) is 51.7 Å². The Kier molecular flexibility index (Phi) is 6.87. The van der Waals surface area contributed by atoms with Crippen LogP contribution in [-0.2, 0) is 14.1 Å². The largest absolute Gasteiger partial charge is 0.341 e. The van der Waals surface area contributed by atoms with Crippen LogP contribution in [0.3, 0.4) is 0 Å². The van der Waals surface area contributed by atoms with Crippen LogP contribution in [0.4, 0.5) is 56.9 Å². The van der Waals surface area contributed by atoms with Crippen LogP contribution in [0, 0.1) is 0 Å². The van der Waals surface area contributed by atoms with Gasteiger partial charge in [-0.05, 0) is 84.9 Å². The number of fused-ring (bicyclic) bond motifs is 6. The number of benzene rings is 5. The molecule has 0 N–H and O–H groups in total. The van der Waals surface area contributed by atoms with Crippen LogP contribution < -0.4 is 19.6 Å². The van der Waals surface area contributed by atoms with E-state index in [9.17, 15) is 0 Å². The Balaban J connectivity index is 1.34. The Hall–Kier alpha value is -7.46. The highest BCUT2D eigenvalue weighted by molar-refractivity contribution is 6.09. The zero-order valence-corrected chi connectivity index (χ0v) is 31.3. The highest BCUT2D eigenvalue weighted by Crippen LogP contribution is 2.59. The van der Waals surface area contributed by atoms with E-state index >= 15 is 0 Å². The van der Waals surface area contributed by atoms with E-state index in [0.29, 0.717) is 0 Å². The molecule has 9 aromatic rings. The van der Waals surface area contributed by atoms with E-state index in [1.54, 1.807) is 0 Å². The molecule has 11 rings (SSSR count). The van der Waals surface area contributed by atoms with Crippen LogP contribution in [0.1, 0.15) is 0 Å². The second-order valence-corrected chi connectivity index (χ2v) is 14.3. The molecule has 10 heteroatoms. The maximum absolute atomic E-state index is 5.35. The number of aromatic nitrogens is 6. The van der Waals surface area contributed by atoms with Gasteiger partial charge in [-0.2, -0.15) is 0 Å². The van der Waals surface area contributed by atoms with Crippen molar-refractivity contribution in [1.82, 2.24) is 29.1 Å². The van der Waals surface area contributed by atoms with Crippen molar-refractivity contribution in [3.05, 3.63) is 146 Å². The van der Waals surface area contributed by atoms with Gasteiger partial charge in [-0.25, -0.2) is 19.9 Å². The van der Waals surface area contributed by atoms with E-state index in [4.69, 9.17) is 19.9 Å². The van der Waals surface area contributed by atoms with Crippen molar-refractivity contribution in [1.29, 1.82) is 0 Å². The first kappa shape index (κ1) is 32.0. The number of para-hydroxylation sites is 8. The molecule has 0 atom stereocenters. The summed E-state index contributed by atoms with van der Waals surface area (Å²) in [5.74, 6) is 1.60. The smallest absolute Gasteiger partial charge is 0.159 e. The van der Waals surface area contributed by atoms with Gasteiger partial charge in [-0.15, -0.1) is 0 Å². The summed E-state index contributed by atoms with van der Waals surface area (Å²) in [5, 5.41) is 0. The van der Waals surface area contributed by atoms with Crippen molar-refractivity contribution in [2.45, 2.75) is 0 Å². The number of hydrogen-bond donors (Lipinski definition) is 0. The van der Waals surface area contributed by atoms with Crippen LogP contribution >= 0.6 is 0 Å². The topological polar surface area (TPSA) is 74.4 Å². The number of nitrogens with zero attached hydrogens (tertiary/aromatic N) is 10. The van der Waals surface area contributed by atoms with Gasteiger partial charge in [0.15, 0.2) is 11.3 Å². The fourth-order valence-electron chi connectivity index (χ4n) is 8.64. The number of aryl methyl sites for hydroxylation is 2. The van der Waals surface area contributed by atoms with Crippen LogP contribution in [0.25, 0.3) is 45.1 Å². The fraction of sp³-hybridized carbons (Fsp3) is 0.0870. The van der Waals surface area contributed by atoms with Crippen LogP contribution in [0.15, 0.2) is 146 Å². The summed E-state index contributed by atoms with van der Waals surface area (Å²) in [6.45, 7) is 0. The Morgan fingerprint density at radius 2 is 0.804 bits per heavy atom. The Morgan fingerprint density at radius 3 is 1.27 bits per heavy atom. The third-order valence-electron chi connectivity index (χ3n) is 11.2. The number of hydrogen-bond acceptors (Lipinski definition) is 8. The molecule has 2 aliphatic rings. The van der Waals surface area contributed by atoms with Gasteiger partial charge in [0.25, 0.3) is 0 Å². The molecule has 5 aromatic carbocycles. The summed E-state index contributed by atoms with van der Waals surface area (Å²) in [5.41, 5.74) is 15.7. The molecule has 0 bridgehead atoms. The molecular weight excluding hydrogens is 693 g/mol. The first-order valence-electron chi connectivity index (χ1n) is 18.7. The minimum absolute atomic E-state index is 0.790. The fourth-order valence-corrected chi connectivity index (χ4v) is 8.64. The lowest BCUT2D eigenvalue weighted by molar-refractivity contribution is 0.936. The van der Waals surface area contributed by atoms with Crippen LogP contribution in [-0.4, -0.2) is 43.2 Å². The predicted octanol–water partition coefficient (Wildman–Crippen LogP) is 10.7. The first-order valence-corrected chi connectivity index (χ1v) is 18.7. The van der Waals surface area contributed by atoms with E-state index in [0.717, 1.165) is 102 Å². The maximum Gasteiger partial charge on any atom is 0.159 e. The zero-order valence-electron chi connectivity index (χ0n) is 31.3. The molecule has 4 aromatic heterocycles. The molecule has 270 valence electrons. The SMILES string of the molecule is CN1c2ccccc2N(c2cc(-c3nc4cccnc4n3C)cc(-c3nc4cccnc4n3C)c2N2c3ccccc3N(C)c3ccccc32)c2ccccc21. The van der Waals surface area contributed by atoms with Crippen molar-refractivity contribution in [3.63, 3.8) is 0 Å². The Labute approximate surface area is 323 Å². The lowest BCUT2D eigenvalue weighted by atomic mass is 9.97. The third kappa shape index (κ3) is 4.49. The van der Waals surface area contributed by atoms with Crippen LogP contribution in [0.5, 0.6) is 0 Å². The zero-order chi connectivity index (χ0) is 37.7. The van der Waals surface area contributed by atoms with E-state index in [1.807, 2.05) is 43.7 Å². The monoisotopic (exact) mass is 728 g/mol. The van der Waals surface area contributed by atoms with Crippen LogP contribution in [0.2, 0.25) is 0 Å². The summed E-state index contributed by atoms with van der Waals surface area (Å²) >= 11 is 0. The number of pyridine rings is 2. The van der Waals surface area contributed by atoms with Gasteiger partial charge in [-0.1, -0.05) is 48.5 Å². The van der Waals surface area contributed by atoms with E-state index in [2.05, 4.69) is 159 Å². The molecule has 0 radical (unpaired) electrons. The van der Waals surface area contributed by atoms with Gasteiger partial charge in [0.1, 0.15) is 22.7 Å². The average molecular weight is 729 g/mol. The molecule has 0 fully saturated rings. The van der Waals surface area contributed by atoms with Gasteiger partial charge in [0.05, 0.1) is 56.9 Å². The molecule has 0 saturated heterocycles. The first-order chi connectivity index (χ1) is 27.5. The lowest BCUT2D eigenvalue weighted by Gasteiger charge is -2.43. The standard InChI is InChI=1S/C46H36N10/c1-51-33-17-5-9-21-37(33)55(38-22-10-6-18-34(38)51)41-28-29(43-49-31-15-13-25-47-45(31)53(43)3)27-30(44-50-32-16-14-26-48-46(32)54(44)4)42(41)56-39-23-11-7-19-35(39)52(2)36-20-8-12-24-40(36)56/h5-28H,1-4H3. The second kappa shape index (κ2) is 12.0. The van der Waals surface area contributed by atoms with Gasteiger partial charge in [0.2, 0.25) is 0 Å². The highest BCUT2D eigenvalue weighted by atomic mass is 15.3. The van der Waals surface area contributed by atoms with Gasteiger partial charge >= 0.3 is 0 Å². The minimum atomic E-state index is 0.790. The molecule has 0 spiro atoms. The Morgan fingerprint density at radius 1 is 0.393 bits per heavy atom. The van der Waals surface area contributed by atoms with E-state index in [1.165, 1.54) is 0 Å². The van der Waals surface area contributed by atoms with Crippen molar-refractivity contribution in [2.75, 3.05) is 33.7 Å².